The number of aromatic hydroxyl groups is 1. The fraction of sp³-hybridized carbons (Fsp3) is 0.222. The molecule has 1 aromatic carbocycles. The van der Waals surface area contributed by atoms with Crippen LogP contribution in [0.4, 0.5) is 0 Å². The van der Waals surface area contributed by atoms with E-state index in [0.717, 1.165) is 0 Å². The summed E-state index contributed by atoms with van der Waals surface area (Å²) in [5.74, 6) is -0.615. The Bertz CT molecular complexity index is 362. The van der Waals surface area contributed by atoms with Crippen molar-refractivity contribution in [3.8, 4) is 11.5 Å². The summed E-state index contributed by atoms with van der Waals surface area (Å²) < 4.78 is 9.83. The molecule has 76 valence electrons. The Kier molecular flexibility index (Phi) is 3.35. The van der Waals surface area contributed by atoms with E-state index in [0.29, 0.717) is 4.47 Å². The first-order valence-electron chi connectivity index (χ1n) is 3.75. The van der Waals surface area contributed by atoms with Gasteiger partial charge in [-0.1, -0.05) is 0 Å². The van der Waals surface area contributed by atoms with Crippen LogP contribution in [0.3, 0.4) is 0 Å². The summed E-state index contributed by atoms with van der Waals surface area (Å²) in [5.41, 5.74) is 0.0619. The number of benzene rings is 1. The van der Waals surface area contributed by atoms with Gasteiger partial charge in [0.25, 0.3) is 0 Å². The Balaban J connectivity index is 3.32. The number of phenolic OH excluding ortho intramolecular Hbond substituents is 1. The standard InChI is InChI=1S/C9H9BrO4/c1-13-6-4-3-5(10)7(8(6)11)9(12)14-2/h3-4,11H,1-2H3. The van der Waals surface area contributed by atoms with E-state index in [2.05, 4.69) is 20.7 Å². The van der Waals surface area contributed by atoms with Crippen molar-refractivity contribution in [2.75, 3.05) is 14.2 Å². The lowest BCUT2D eigenvalue weighted by atomic mass is 10.2. The average Bonchev–Trinajstić information content (AvgIpc) is 2.18. The van der Waals surface area contributed by atoms with Crippen LogP contribution in [0.1, 0.15) is 10.4 Å². The maximum Gasteiger partial charge on any atom is 0.342 e. The van der Waals surface area contributed by atoms with Gasteiger partial charge in [0.15, 0.2) is 11.5 Å². The third-order valence-electron chi connectivity index (χ3n) is 1.70. The van der Waals surface area contributed by atoms with Crippen molar-refractivity contribution in [2.45, 2.75) is 0 Å². The van der Waals surface area contributed by atoms with E-state index < -0.39 is 5.97 Å². The molecule has 0 heterocycles. The Morgan fingerprint density at radius 1 is 1.43 bits per heavy atom. The highest BCUT2D eigenvalue weighted by atomic mass is 79.9. The van der Waals surface area contributed by atoms with Crippen molar-refractivity contribution >= 4 is 21.9 Å². The largest absolute Gasteiger partial charge is 0.504 e. The summed E-state index contributed by atoms with van der Waals surface area (Å²) in [6.07, 6.45) is 0. The number of ether oxygens (including phenoxy) is 2. The molecule has 0 saturated carbocycles. The van der Waals surface area contributed by atoms with Crippen LogP contribution in [-0.4, -0.2) is 25.3 Å². The Hall–Kier alpha value is -1.23. The molecule has 1 rings (SSSR count). The first-order chi connectivity index (χ1) is 6.61. The Morgan fingerprint density at radius 3 is 2.57 bits per heavy atom. The molecule has 0 atom stereocenters. The SMILES string of the molecule is COC(=O)c1c(Br)ccc(OC)c1O. The van der Waals surface area contributed by atoms with Gasteiger partial charge in [0.1, 0.15) is 5.56 Å². The summed E-state index contributed by atoms with van der Waals surface area (Å²) in [6.45, 7) is 0. The van der Waals surface area contributed by atoms with Gasteiger partial charge in [-0.25, -0.2) is 4.79 Å². The van der Waals surface area contributed by atoms with Crippen molar-refractivity contribution in [2.24, 2.45) is 0 Å². The fourth-order valence-corrected chi connectivity index (χ4v) is 1.49. The minimum absolute atomic E-state index is 0.0619. The van der Waals surface area contributed by atoms with E-state index in [1.807, 2.05) is 0 Å². The molecule has 0 radical (unpaired) electrons. The lowest BCUT2D eigenvalue weighted by Gasteiger charge is -2.08. The van der Waals surface area contributed by atoms with E-state index in [9.17, 15) is 9.90 Å². The predicted octanol–water partition coefficient (Wildman–Crippen LogP) is 1.95. The average molecular weight is 261 g/mol. The predicted molar refractivity (Wildman–Crippen MR) is 53.7 cm³/mol. The molecule has 0 bridgehead atoms. The van der Waals surface area contributed by atoms with Gasteiger partial charge in [0.05, 0.1) is 14.2 Å². The normalized spacial score (nSPS) is 9.64. The minimum atomic E-state index is -0.617. The zero-order valence-corrected chi connectivity index (χ0v) is 9.29. The van der Waals surface area contributed by atoms with Crippen LogP contribution < -0.4 is 4.74 Å². The molecule has 0 aliphatic heterocycles. The van der Waals surface area contributed by atoms with Crippen LogP contribution in [0.15, 0.2) is 16.6 Å². The number of esters is 1. The van der Waals surface area contributed by atoms with Crippen molar-refractivity contribution in [3.05, 3.63) is 22.2 Å². The first-order valence-corrected chi connectivity index (χ1v) is 4.55. The third kappa shape index (κ3) is 1.82. The summed E-state index contributed by atoms with van der Waals surface area (Å²) in [7, 11) is 2.65. The first kappa shape index (κ1) is 10.8. The minimum Gasteiger partial charge on any atom is -0.504 e. The van der Waals surface area contributed by atoms with Crippen LogP contribution >= 0.6 is 15.9 Å². The zero-order valence-electron chi connectivity index (χ0n) is 7.70. The molecule has 1 N–H and O–H groups in total. The molecule has 1 aromatic rings. The molecule has 0 amide bonds. The van der Waals surface area contributed by atoms with Gasteiger partial charge in [-0.05, 0) is 28.1 Å². The molecule has 0 aromatic heterocycles. The summed E-state index contributed by atoms with van der Waals surface area (Å²) in [5, 5.41) is 9.62. The lowest BCUT2D eigenvalue weighted by Crippen LogP contribution is -2.03. The smallest absolute Gasteiger partial charge is 0.342 e. The Labute approximate surface area is 89.6 Å². The topological polar surface area (TPSA) is 55.8 Å². The van der Waals surface area contributed by atoms with E-state index in [1.165, 1.54) is 14.2 Å². The third-order valence-corrected chi connectivity index (χ3v) is 2.36. The second-order valence-electron chi connectivity index (χ2n) is 2.46. The molecule has 5 heteroatoms. The van der Waals surface area contributed by atoms with Gasteiger partial charge in [0, 0.05) is 4.47 Å². The highest BCUT2D eigenvalue weighted by Gasteiger charge is 2.19. The second-order valence-corrected chi connectivity index (χ2v) is 3.32. The van der Waals surface area contributed by atoms with E-state index in [1.54, 1.807) is 12.1 Å². The lowest BCUT2D eigenvalue weighted by molar-refractivity contribution is 0.0595. The highest BCUT2D eigenvalue weighted by molar-refractivity contribution is 9.10. The molecule has 4 nitrogen and oxygen atoms in total. The van der Waals surface area contributed by atoms with Crippen molar-refractivity contribution in [3.63, 3.8) is 0 Å². The van der Waals surface area contributed by atoms with Crippen LogP contribution in [0.2, 0.25) is 0 Å². The number of halogens is 1. The van der Waals surface area contributed by atoms with E-state index >= 15 is 0 Å². The molecule has 0 fully saturated rings. The summed E-state index contributed by atoms with van der Waals surface area (Å²) in [6, 6.07) is 3.15. The number of carbonyl (C=O) groups excluding carboxylic acids is 1. The number of hydrogen-bond donors (Lipinski definition) is 1. The molecular formula is C9H9BrO4. The van der Waals surface area contributed by atoms with Gasteiger partial charge in [-0.2, -0.15) is 0 Å². The maximum absolute atomic E-state index is 11.3. The van der Waals surface area contributed by atoms with Crippen molar-refractivity contribution in [1.29, 1.82) is 0 Å². The van der Waals surface area contributed by atoms with Gasteiger partial charge < -0.3 is 14.6 Å². The summed E-state index contributed by atoms with van der Waals surface area (Å²) in [4.78, 5) is 11.3. The zero-order chi connectivity index (χ0) is 10.7. The number of carbonyl (C=O) groups is 1. The van der Waals surface area contributed by atoms with Gasteiger partial charge in [-0.3, -0.25) is 0 Å². The van der Waals surface area contributed by atoms with E-state index in [-0.39, 0.29) is 17.1 Å². The quantitative estimate of drug-likeness (QED) is 0.826. The monoisotopic (exact) mass is 260 g/mol. The van der Waals surface area contributed by atoms with Gasteiger partial charge >= 0.3 is 5.97 Å². The van der Waals surface area contributed by atoms with Crippen LogP contribution in [0.5, 0.6) is 11.5 Å². The number of hydrogen-bond acceptors (Lipinski definition) is 4. The highest BCUT2D eigenvalue weighted by Crippen LogP contribution is 2.35. The fourth-order valence-electron chi connectivity index (χ4n) is 1.01. The van der Waals surface area contributed by atoms with Crippen molar-refractivity contribution < 1.29 is 19.4 Å². The molecule has 0 unspecified atom stereocenters. The number of methoxy groups -OCH3 is 2. The van der Waals surface area contributed by atoms with Crippen LogP contribution in [0.25, 0.3) is 0 Å². The summed E-state index contributed by atoms with van der Waals surface area (Å²) >= 11 is 3.14. The number of rotatable bonds is 2. The maximum atomic E-state index is 11.3. The van der Waals surface area contributed by atoms with Crippen LogP contribution in [0, 0.1) is 0 Å². The number of phenols is 1. The van der Waals surface area contributed by atoms with Crippen molar-refractivity contribution in [1.82, 2.24) is 0 Å². The van der Waals surface area contributed by atoms with Gasteiger partial charge in [-0.15, -0.1) is 0 Å². The molecule has 0 aliphatic rings. The second kappa shape index (κ2) is 4.32. The van der Waals surface area contributed by atoms with Gasteiger partial charge in [0.2, 0.25) is 0 Å². The van der Waals surface area contributed by atoms with Crippen LogP contribution in [-0.2, 0) is 4.74 Å². The molecule has 14 heavy (non-hydrogen) atoms. The molecule has 0 spiro atoms. The molecular weight excluding hydrogens is 252 g/mol. The Morgan fingerprint density at radius 2 is 2.07 bits per heavy atom. The molecule has 0 saturated heterocycles. The van der Waals surface area contributed by atoms with E-state index in [4.69, 9.17) is 4.74 Å². The molecule has 0 aliphatic carbocycles.